The molecule has 72 valence electrons. The van der Waals surface area contributed by atoms with Crippen LogP contribution in [0.2, 0.25) is 0 Å². The van der Waals surface area contributed by atoms with E-state index in [0.29, 0.717) is 0 Å². The van der Waals surface area contributed by atoms with Crippen LogP contribution in [-0.4, -0.2) is 22.5 Å². The summed E-state index contributed by atoms with van der Waals surface area (Å²) < 4.78 is 1.44. The van der Waals surface area contributed by atoms with E-state index in [1.54, 1.807) is 0 Å². The minimum atomic E-state index is 0. The number of hydrogen-bond acceptors (Lipinski definition) is 0. The Morgan fingerprint density at radius 3 is 1.93 bits per heavy atom. The Labute approximate surface area is 129 Å². The van der Waals surface area contributed by atoms with Gasteiger partial charge in [0.25, 0.3) is 0 Å². The van der Waals surface area contributed by atoms with Crippen molar-refractivity contribution in [3.8, 4) is 0 Å². The number of fused-ring (bicyclic) bond motifs is 1. The number of hydrogen-bond donors (Lipinski definition) is 0. The topological polar surface area (TPSA) is 0 Å². The predicted octanol–water partition coefficient (Wildman–Crippen LogP) is -7.35. The maximum atomic E-state index is 2.18. The van der Waals surface area contributed by atoms with Crippen LogP contribution in [0.5, 0.6) is 0 Å². The van der Waals surface area contributed by atoms with Crippen molar-refractivity contribution in [1.29, 1.82) is 0 Å². The van der Waals surface area contributed by atoms with Crippen LogP contribution in [0.3, 0.4) is 0 Å². The summed E-state index contributed by atoms with van der Waals surface area (Å²) in [6.07, 6.45) is 0. The summed E-state index contributed by atoms with van der Waals surface area (Å²) in [6.45, 7) is 0. The first-order valence-electron chi connectivity index (χ1n) is 3.57. The molecule has 2 aromatic carbocycles. The van der Waals surface area contributed by atoms with Crippen LogP contribution in [0.1, 0.15) is 0 Å². The van der Waals surface area contributed by atoms with E-state index in [9.17, 15) is 0 Å². The van der Waals surface area contributed by atoms with Gasteiger partial charge < -0.3 is 50.9 Å². The van der Waals surface area contributed by atoms with E-state index in [0.717, 1.165) is 0 Å². The summed E-state index contributed by atoms with van der Waals surface area (Å²) in [7, 11) is 0. The molecule has 0 spiro atoms. The first-order valence-corrected chi connectivity index (χ1v) is 5.00. The molecule has 2 rings (SSSR count). The molecule has 0 amide bonds. The second-order valence-electron chi connectivity index (χ2n) is 2.53. The van der Waals surface area contributed by atoms with Crippen molar-refractivity contribution in [3.05, 3.63) is 42.5 Å². The quantitative estimate of drug-likeness (QED) is 0.326. The molecular formula is C10H7Br3Sn. The van der Waals surface area contributed by atoms with E-state index in [1.165, 1.54) is 36.9 Å². The fourth-order valence-electron chi connectivity index (χ4n) is 1.23. The Balaban J connectivity index is 0. The van der Waals surface area contributed by atoms with Crippen LogP contribution < -0.4 is 54.5 Å². The molecule has 0 N–H and O–H groups in total. The second-order valence-corrected chi connectivity index (χ2v) is 4.06. The zero-order valence-corrected chi connectivity index (χ0v) is 14.8. The molecule has 0 aliphatic carbocycles. The molecule has 0 nitrogen and oxygen atoms in total. The molecule has 14 heavy (non-hydrogen) atoms. The minimum absolute atomic E-state index is 0. The van der Waals surface area contributed by atoms with Crippen LogP contribution >= 0.6 is 0 Å². The molecule has 0 aliphatic heterocycles. The summed E-state index contributed by atoms with van der Waals surface area (Å²) >= 11 is 1.49. The van der Waals surface area contributed by atoms with Crippen molar-refractivity contribution in [1.82, 2.24) is 0 Å². The number of benzene rings is 2. The van der Waals surface area contributed by atoms with Gasteiger partial charge in [0, 0.05) is 0 Å². The third-order valence-electron chi connectivity index (χ3n) is 1.79. The molecule has 0 atom stereocenters. The van der Waals surface area contributed by atoms with Crippen LogP contribution in [0, 0.1) is 0 Å². The van der Waals surface area contributed by atoms with Gasteiger partial charge in [-0.05, 0) is 0 Å². The van der Waals surface area contributed by atoms with Crippen LogP contribution in [0.25, 0.3) is 10.8 Å². The molecule has 0 aliphatic rings. The SMILES string of the molecule is [Br-].[Br-].[Br-].[Sn+3][c]1cccc2ccccc12. The Bertz CT molecular complexity index is 385. The Kier molecular flexibility index (Phi) is 10.1. The summed E-state index contributed by atoms with van der Waals surface area (Å²) in [6, 6.07) is 15.0. The van der Waals surface area contributed by atoms with Crippen LogP contribution in [0.15, 0.2) is 42.5 Å². The summed E-state index contributed by atoms with van der Waals surface area (Å²) in [5.41, 5.74) is 0. The normalized spacial score (nSPS) is 8.14. The molecule has 0 fully saturated rings. The van der Waals surface area contributed by atoms with Crippen molar-refractivity contribution in [2.45, 2.75) is 0 Å². The Morgan fingerprint density at radius 1 is 0.714 bits per heavy atom. The third-order valence-corrected chi connectivity index (χ3v) is 3.03. The van der Waals surface area contributed by atoms with E-state index >= 15 is 0 Å². The van der Waals surface area contributed by atoms with Crippen molar-refractivity contribution in [3.63, 3.8) is 0 Å². The Morgan fingerprint density at radius 2 is 1.29 bits per heavy atom. The Hall–Kier alpha value is 0.939. The number of rotatable bonds is 0. The fourth-order valence-corrected chi connectivity index (χ4v) is 2.15. The third kappa shape index (κ3) is 3.83. The van der Waals surface area contributed by atoms with Gasteiger partial charge in [-0.2, -0.15) is 0 Å². The van der Waals surface area contributed by atoms with E-state index in [4.69, 9.17) is 0 Å². The zero-order valence-electron chi connectivity index (χ0n) is 7.18. The molecule has 4 heteroatoms. The molecule has 0 heterocycles. The van der Waals surface area contributed by atoms with Crippen molar-refractivity contribution in [2.24, 2.45) is 0 Å². The standard InChI is InChI=1S/C10H7.3BrH.Sn/c1-2-6-10-8-4-3-7-9(10)5-1;;;;/h1-7H;3*1H;/q;;;;+3/p-3. The van der Waals surface area contributed by atoms with Gasteiger partial charge in [0.2, 0.25) is 0 Å². The summed E-state index contributed by atoms with van der Waals surface area (Å²) in [4.78, 5) is 0. The van der Waals surface area contributed by atoms with Crippen LogP contribution in [0.4, 0.5) is 0 Å². The van der Waals surface area contributed by atoms with Gasteiger partial charge in [-0.3, -0.25) is 0 Å². The number of halogens is 3. The van der Waals surface area contributed by atoms with Gasteiger partial charge in [0.15, 0.2) is 0 Å². The van der Waals surface area contributed by atoms with E-state index in [2.05, 4.69) is 42.5 Å². The molecule has 2 aromatic rings. The van der Waals surface area contributed by atoms with Gasteiger partial charge in [-0.25, -0.2) is 0 Å². The van der Waals surface area contributed by atoms with Crippen molar-refractivity contribution in [2.75, 3.05) is 0 Å². The van der Waals surface area contributed by atoms with Crippen molar-refractivity contribution >= 4 is 36.9 Å². The maximum absolute atomic E-state index is 2.18. The predicted molar refractivity (Wildman–Crippen MR) is 49.3 cm³/mol. The summed E-state index contributed by atoms with van der Waals surface area (Å²) in [5, 5.41) is 2.75. The monoisotopic (exact) mass is 484 g/mol. The zero-order chi connectivity index (χ0) is 7.68. The summed E-state index contributed by atoms with van der Waals surface area (Å²) in [5.74, 6) is 0. The molecular weight excluding hydrogens is 479 g/mol. The van der Waals surface area contributed by atoms with E-state index in [1.807, 2.05) is 0 Å². The van der Waals surface area contributed by atoms with Crippen LogP contribution in [-0.2, 0) is 0 Å². The van der Waals surface area contributed by atoms with Gasteiger partial charge >= 0.3 is 79.3 Å². The second kappa shape index (κ2) is 8.13. The molecule has 0 unspecified atom stereocenters. The average molecular weight is 486 g/mol. The van der Waals surface area contributed by atoms with Gasteiger partial charge in [-0.15, -0.1) is 0 Å². The molecule has 0 bridgehead atoms. The van der Waals surface area contributed by atoms with Crippen molar-refractivity contribution < 1.29 is 50.9 Å². The van der Waals surface area contributed by atoms with Gasteiger partial charge in [0.1, 0.15) is 0 Å². The molecule has 0 saturated carbocycles. The molecule has 0 saturated heterocycles. The average Bonchev–Trinajstić information content (AvgIpc) is 2.06. The molecule has 0 radical (unpaired) electrons. The van der Waals surface area contributed by atoms with Gasteiger partial charge in [-0.1, -0.05) is 0 Å². The fraction of sp³-hybridized carbons (Fsp3) is 0. The van der Waals surface area contributed by atoms with E-state index in [-0.39, 0.29) is 50.9 Å². The van der Waals surface area contributed by atoms with E-state index < -0.39 is 0 Å². The van der Waals surface area contributed by atoms with Gasteiger partial charge in [0.05, 0.1) is 0 Å². The molecule has 0 aromatic heterocycles. The first kappa shape index (κ1) is 17.3. The first-order chi connectivity index (χ1) is 5.38.